The van der Waals surface area contributed by atoms with Gasteiger partial charge in [-0.25, -0.2) is 4.99 Å². The van der Waals surface area contributed by atoms with Crippen LogP contribution in [0.1, 0.15) is 25.7 Å². The SMILES string of the molecule is NCCC(N=C(N)N)C(=O)N1CCCCC1. The zero-order chi connectivity index (χ0) is 12.0. The van der Waals surface area contributed by atoms with Gasteiger partial charge in [0.25, 0.3) is 0 Å². The second-order valence-electron chi connectivity index (χ2n) is 4.03. The van der Waals surface area contributed by atoms with Crippen LogP contribution in [0.25, 0.3) is 0 Å². The van der Waals surface area contributed by atoms with Gasteiger partial charge in [0, 0.05) is 13.1 Å². The molecule has 1 amide bonds. The number of amides is 1. The van der Waals surface area contributed by atoms with Gasteiger partial charge >= 0.3 is 0 Å². The average Bonchev–Trinajstić information content (AvgIpc) is 2.28. The van der Waals surface area contributed by atoms with Crippen LogP contribution in [-0.4, -0.2) is 42.4 Å². The first-order valence-electron chi connectivity index (χ1n) is 5.72. The van der Waals surface area contributed by atoms with Crippen LogP contribution in [0.5, 0.6) is 0 Å². The molecule has 1 rings (SSSR count). The van der Waals surface area contributed by atoms with Gasteiger partial charge < -0.3 is 22.1 Å². The summed E-state index contributed by atoms with van der Waals surface area (Å²) < 4.78 is 0. The second-order valence-corrected chi connectivity index (χ2v) is 4.03. The molecular formula is C10H21N5O. The standard InChI is InChI=1S/C10H21N5O/c11-5-4-8(14-10(12)13)9(16)15-6-2-1-3-7-15/h8H,1-7,11H2,(H4,12,13,14). The number of rotatable bonds is 4. The predicted octanol–water partition coefficient (Wildman–Crippen LogP) is -1.01. The number of hydrogen-bond donors (Lipinski definition) is 3. The normalized spacial score (nSPS) is 17.9. The average molecular weight is 227 g/mol. The van der Waals surface area contributed by atoms with Gasteiger partial charge in [-0.2, -0.15) is 0 Å². The molecule has 6 N–H and O–H groups in total. The molecule has 0 aliphatic carbocycles. The first kappa shape index (κ1) is 12.8. The number of guanidine groups is 1. The third kappa shape index (κ3) is 3.69. The van der Waals surface area contributed by atoms with E-state index in [4.69, 9.17) is 17.2 Å². The van der Waals surface area contributed by atoms with Gasteiger partial charge in [0.15, 0.2) is 5.96 Å². The smallest absolute Gasteiger partial charge is 0.247 e. The molecule has 16 heavy (non-hydrogen) atoms. The maximum absolute atomic E-state index is 12.1. The summed E-state index contributed by atoms with van der Waals surface area (Å²) in [6.07, 6.45) is 3.80. The summed E-state index contributed by atoms with van der Waals surface area (Å²) in [4.78, 5) is 17.8. The number of nitrogens with zero attached hydrogens (tertiary/aromatic N) is 2. The van der Waals surface area contributed by atoms with Crippen LogP contribution in [0.15, 0.2) is 4.99 Å². The van der Waals surface area contributed by atoms with E-state index in [1.165, 1.54) is 6.42 Å². The van der Waals surface area contributed by atoms with Crippen molar-refractivity contribution < 1.29 is 4.79 Å². The summed E-state index contributed by atoms with van der Waals surface area (Å²) in [5, 5.41) is 0. The van der Waals surface area contributed by atoms with E-state index in [1.807, 2.05) is 4.90 Å². The molecule has 1 atom stereocenters. The maximum atomic E-state index is 12.1. The number of nitrogens with two attached hydrogens (primary N) is 3. The van der Waals surface area contributed by atoms with E-state index in [1.54, 1.807) is 0 Å². The van der Waals surface area contributed by atoms with Crippen LogP contribution < -0.4 is 17.2 Å². The summed E-state index contributed by atoms with van der Waals surface area (Å²) in [5.74, 6) is -0.0534. The number of aliphatic imine (C=N–C) groups is 1. The topological polar surface area (TPSA) is 111 Å². The van der Waals surface area contributed by atoms with Crippen molar-refractivity contribution in [2.75, 3.05) is 19.6 Å². The molecular weight excluding hydrogens is 206 g/mol. The zero-order valence-electron chi connectivity index (χ0n) is 9.56. The highest BCUT2D eigenvalue weighted by molar-refractivity contribution is 5.86. The van der Waals surface area contributed by atoms with E-state index in [0.29, 0.717) is 13.0 Å². The van der Waals surface area contributed by atoms with Crippen LogP contribution in [0, 0.1) is 0 Å². The van der Waals surface area contributed by atoms with E-state index in [2.05, 4.69) is 4.99 Å². The summed E-state index contributed by atoms with van der Waals surface area (Å²) in [7, 11) is 0. The van der Waals surface area contributed by atoms with Crippen LogP contribution >= 0.6 is 0 Å². The minimum Gasteiger partial charge on any atom is -0.370 e. The highest BCUT2D eigenvalue weighted by Crippen LogP contribution is 2.12. The maximum Gasteiger partial charge on any atom is 0.247 e. The third-order valence-corrected chi connectivity index (χ3v) is 2.70. The third-order valence-electron chi connectivity index (χ3n) is 2.70. The van der Waals surface area contributed by atoms with Gasteiger partial charge in [-0.05, 0) is 32.2 Å². The number of piperidine rings is 1. The van der Waals surface area contributed by atoms with Crippen molar-refractivity contribution in [1.29, 1.82) is 0 Å². The highest BCUT2D eigenvalue weighted by Gasteiger charge is 2.24. The number of likely N-dealkylation sites (tertiary alicyclic amines) is 1. The minimum atomic E-state index is -0.506. The Morgan fingerprint density at radius 2 is 1.88 bits per heavy atom. The molecule has 0 aromatic heterocycles. The van der Waals surface area contributed by atoms with Crippen molar-refractivity contribution in [3.05, 3.63) is 0 Å². The van der Waals surface area contributed by atoms with Crippen LogP contribution in [0.2, 0.25) is 0 Å². The molecule has 0 saturated carbocycles. The van der Waals surface area contributed by atoms with E-state index < -0.39 is 6.04 Å². The van der Waals surface area contributed by atoms with E-state index >= 15 is 0 Å². The Morgan fingerprint density at radius 3 is 2.38 bits per heavy atom. The molecule has 6 nitrogen and oxygen atoms in total. The fraction of sp³-hybridized carbons (Fsp3) is 0.800. The van der Waals surface area contributed by atoms with Gasteiger partial charge in [-0.3, -0.25) is 4.79 Å². The van der Waals surface area contributed by atoms with Gasteiger partial charge in [0.1, 0.15) is 6.04 Å². The Labute approximate surface area is 95.9 Å². The minimum absolute atomic E-state index is 0.00134. The van der Waals surface area contributed by atoms with E-state index in [-0.39, 0.29) is 11.9 Å². The Bertz CT molecular complexity index is 256. The highest BCUT2D eigenvalue weighted by atomic mass is 16.2. The molecule has 0 aromatic carbocycles. The fourth-order valence-electron chi connectivity index (χ4n) is 1.91. The van der Waals surface area contributed by atoms with Gasteiger partial charge in [-0.1, -0.05) is 0 Å². The molecule has 1 aliphatic heterocycles. The fourth-order valence-corrected chi connectivity index (χ4v) is 1.91. The number of hydrogen-bond acceptors (Lipinski definition) is 3. The summed E-state index contributed by atoms with van der Waals surface area (Å²) in [6, 6.07) is -0.506. The Kier molecular flexibility index (Phi) is 5.04. The van der Waals surface area contributed by atoms with Crippen molar-refractivity contribution in [3.8, 4) is 0 Å². The Hall–Kier alpha value is -1.30. The van der Waals surface area contributed by atoms with Gasteiger partial charge in [0.05, 0.1) is 0 Å². The summed E-state index contributed by atoms with van der Waals surface area (Å²) >= 11 is 0. The lowest BCUT2D eigenvalue weighted by Crippen LogP contribution is -2.43. The molecule has 0 aromatic rings. The van der Waals surface area contributed by atoms with Crippen LogP contribution in [0.3, 0.4) is 0 Å². The molecule has 1 saturated heterocycles. The molecule has 1 unspecified atom stereocenters. The monoisotopic (exact) mass is 227 g/mol. The van der Waals surface area contributed by atoms with Crippen LogP contribution in [0.4, 0.5) is 0 Å². The van der Waals surface area contributed by atoms with Gasteiger partial charge in [0.2, 0.25) is 5.91 Å². The lowest BCUT2D eigenvalue weighted by atomic mass is 10.1. The summed E-state index contributed by atoms with van der Waals surface area (Å²) in [6.45, 7) is 2.01. The predicted molar refractivity (Wildman–Crippen MR) is 63.7 cm³/mol. The zero-order valence-corrected chi connectivity index (χ0v) is 9.56. The van der Waals surface area contributed by atoms with Crippen molar-refractivity contribution in [1.82, 2.24) is 4.90 Å². The second kappa shape index (κ2) is 6.32. The molecule has 6 heteroatoms. The van der Waals surface area contributed by atoms with Crippen molar-refractivity contribution in [2.24, 2.45) is 22.2 Å². The summed E-state index contributed by atoms with van der Waals surface area (Å²) in [5.41, 5.74) is 16.1. The van der Waals surface area contributed by atoms with Crippen LogP contribution in [-0.2, 0) is 4.79 Å². The molecule has 0 spiro atoms. The number of carbonyl (C=O) groups excluding carboxylic acids is 1. The molecule has 1 heterocycles. The number of carbonyl (C=O) groups is 1. The molecule has 1 aliphatic rings. The molecule has 0 bridgehead atoms. The first-order valence-corrected chi connectivity index (χ1v) is 5.72. The lowest BCUT2D eigenvalue weighted by molar-refractivity contribution is -0.133. The Morgan fingerprint density at radius 1 is 1.25 bits per heavy atom. The first-order chi connectivity index (χ1) is 7.65. The van der Waals surface area contributed by atoms with Crippen molar-refractivity contribution >= 4 is 11.9 Å². The Balaban J connectivity index is 2.61. The van der Waals surface area contributed by atoms with Gasteiger partial charge in [-0.15, -0.1) is 0 Å². The van der Waals surface area contributed by atoms with Crippen molar-refractivity contribution in [3.63, 3.8) is 0 Å². The molecule has 0 radical (unpaired) electrons. The van der Waals surface area contributed by atoms with E-state index in [0.717, 1.165) is 25.9 Å². The largest absolute Gasteiger partial charge is 0.370 e. The van der Waals surface area contributed by atoms with Crippen molar-refractivity contribution in [2.45, 2.75) is 31.7 Å². The molecule has 1 fully saturated rings. The molecule has 92 valence electrons. The van der Waals surface area contributed by atoms with E-state index in [9.17, 15) is 4.79 Å². The lowest BCUT2D eigenvalue weighted by Gasteiger charge is -2.29. The quantitative estimate of drug-likeness (QED) is 0.422.